The number of carboxylic acids is 1. The summed E-state index contributed by atoms with van der Waals surface area (Å²) in [4.78, 5) is 21.6. The number of sulfonamides is 1. The van der Waals surface area contributed by atoms with Gasteiger partial charge in [0.25, 0.3) is 10.0 Å². The smallest absolute Gasteiger partial charge is 0.337 e. The van der Waals surface area contributed by atoms with Gasteiger partial charge < -0.3 is 5.11 Å². The van der Waals surface area contributed by atoms with Gasteiger partial charge in [-0.1, -0.05) is 24.3 Å². The highest BCUT2D eigenvalue weighted by atomic mass is 32.2. The predicted molar refractivity (Wildman–Crippen MR) is 76.0 cm³/mol. The molecule has 0 aromatic heterocycles. The van der Waals surface area contributed by atoms with Crippen LogP contribution in [0.2, 0.25) is 0 Å². The minimum absolute atomic E-state index is 0.0403. The second-order valence-electron chi connectivity index (χ2n) is 4.15. The number of carboxylic acid groups (broad SMARTS) is 1. The van der Waals surface area contributed by atoms with Gasteiger partial charge in [-0.2, -0.15) is 0 Å². The SMILES string of the molecule is O=Cc1cccc(S(=O)(=O)Nc2ccccc2C(=O)O)c1. The van der Waals surface area contributed by atoms with Crippen LogP contribution in [-0.2, 0) is 10.0 Å². The minimum Gasteiger partial charge on any atom is -0.478 e. The number of rotatable bonds is 5. The number of nitrogens with one attached hydrogen (secondary N) is 1. The molecule has 0 amide bonds. The third-order valence-corrected chi connectivity index (χ3v) is 4.07. The number of benzene rings is 2. The summed E-state index contributed by atoms with van der Waals surface area (Å²) in [5, 5.41) is 9.03. The molecule has 0 aliphatic rings. The number of aromatic carboxylic acids is 1. The molecule has 0 atom stereocenters. The third kappa shape index (κ3) is 3.26. The molecule has 0 saturated heterocycles. The van der Waals surface area contributed by atoms with Crippen molar-refractivity contribution >= 4 is 28.0 Å². The van der Waals surface area contributed by atoms with Crippen molar-refractivity contribution in [3.8, 4) is 0 Å². The van der Waals surface area contributed by atoms with Crippen LogP contribution in [0, 0.1) is 0 Å². The first-order valence-corrected chi connectivity index (χ1v) is 7.33. The van der Waals surface area contributed by atoms with E-state index in [1.54, 1.807) is 0 Å². The van der Waals surface area contributed by atoms with Gasteiger partial charge in [0.2, 0.25) is 0 Å². The lowest BCUT2D eigenvalue weighted by atomic mass is 10.2. The Morgan fingerprint density at radius 3 is 2.48 bits per heavy atom. The average molecular weight is 305 g/mol. The number of hydrogen-bond donors (Lipinski definition) is 2. The highest BCUT2D eigenvalue weighted by Crippen LogP contribution is 2.20. The lowest BCUT2D eigenvalue weighted by Gasteiger charge is -2.10. The zero-order chi connectivity index (χ0) is 15.5. The van der Waals surface area contributed by atoms with Crippen LogP contribution in [0.25, 0.3) is 0 Å². The van der Waals surface area contributed by atoms with Crippen LogP contribution in [0.5, 0.6) is 0 Å². The molecule has 0 unspecified atom stereocenters. The molecule has 2 N–H and O–H groups in total. The molecular formula is C14H11NO5S. The van der Waals surface area contributed by atoms with Crippen LogP contribution in [0.1, 0.15) is 20.7 Å². The van der Waals surface area contributed by atoms with Crippen LogP contribution in [0.3, 0.4) is 0 Å². The fourth-order valence-electron chi connectivity index (χ4n) is 1.72. The standard InChI is InChI=1S/C14H11NO5S/c16-9-10-4-3-5-11(8-10)21(19,20)15-13-7-2-1-6-12(13)14(17)18/h1-9,15H,(H,17,18). The Morgan fingerprint density at radius 2 is 1.81 bits per heavy atom. The fourth-order valence-corrected chi connectivity index (χ4v) is 2.85. The molecule has 0 aliphatic carbocycles. The normalized spacial score (nSPS) is 10.9. The largest absolute Gasteiger partial charge is 0.478 e. The summed E-state index contributed by atoms with van der Waals surface area (Å²) < 4.78 is 26.7. The van der Waals surface area contributed by atoms with Crippen molar-refractivity contribution < 1.29 is 23.1 Å². The lowest BCUT2D eigenvalue weighted by molar-refractivity contribution is 0.0698. The van der Waals surface area contributed by atoms with Crippen molar-refractivity contribution in [1.29, 1.82) is 0 Å². The van der Waals surface area contributed by atoms with Crippen LogP contribution < -0.4 is 4.72 Å². The molecule has 0 heterocycles. The lowest BCUT2D eigenvalue weighted by Crippen LogP contribution is -2.15. The van der Waals surface area contributed by atoms with Crippen LogP contribution in [0.15, 0.2) is 53.4 Å². The molecule has 21 heavy (non-hydrogen) atoms. The minimum atomic E-state index is -3.97. The number of hydrogen-bond acceptors (Lipinski definition) is 4. The number of anilines is 1. The molecule has 0 bridgehead atoms. The van der Waals surface area contributed by atoms with Gasteiger partial charge >= 0.3 is 5.97 Å². The molecular weight excluding hydrogens is 294 g/mol. The van der Waals surface area contributed by atoms with Gasteiger partial charge in [0.05, 0.1) is 16.1 Å². The topological polar surface area (TPSA) is 101 Å². The third-order valence-electron chi connectivity index (χ3n) is 2.71. The van der Waals surface area contributed by atoms with E-state index >= 15 is 0 Å². The van der Waals surface area contributed by atoms with Crippen LogP contribution in [0.4, 0.5) is 5.69 Å². The molecule has 0 radical (unpaired) electrons. The van der Waals surface area contributed by atoms with E-state index in [2.05, 4.69) is 4.72 Å². The number of para-hydroxylation sites is 1. The maximum absolute atomic E-state index is 12.2. The summed E-state index contributed by atoms with van der Waals surface area (Å²) in [5.74, 6) is -1.24. The van der Waals surface area contributed by atoms with E-state index < -0.39 is 16.0 Å². The molecule has 2 rings (SSSR count). The Balaban J connectivity index is 2.42. The molecule has 108 valence electrons. The number of carbonyl (C=O) groups excluding carboxylic acids is 1. The zero-order valence-electron chi connectivity index (χ0n) is 10.7. The Kier molecular flexibility index (Phi) is 4.04. The Hall–Kier alpha value is -2.67. The molecule has 0 spiro atoms. The van der Waals surface area contributed by atoms with E-state index in [0.29, 0.717) is 6.29 Å². The summed E-state index contributed by atoms with van der Waals surface area (Å²) >= 11 is 0. The quantitative estimate of drug-likeness (QED) is 0.823. The van der Waals surface area contributed by atoms with E-state index in [1.807, 2.05) is 0 Å². The molecule has 2 aromatic carbocycles. The second kappa shape index (κ2) is 5.76. The van der Waals surface area contributed by atoms with Crippen LogP contribution >= 0.6 is 0 Å². The maximum atomic E-state index is 12.2. The van der Waals surface area contributed by atoms with Gasteiger partial charge in [-0.05, 0) is 24.3 Å². The van der Waals surface area contributed by atoms with Crippen LogP contribution in [-0.4, -0.2) is 25.8 Å². The number of carbonyl (C=O) groups is 2. The average Bonchev–Trinajstić information content (AvgIpc) is 2.47. The first-order valence-electron chi connectivity index (χ1n) is 5.84. The van der Waals surface area contributed by atoms with E-state index in [9.17, 15) is 18.0 Å². The maximum Gasteiger partial charge on any atom is 0.337 e. The van der Waals surface area contributed by atoms with E-state index in [-0.39, 0.29) is 21.7 Å². The molecule has 0 fully saturated rings. The van der Waals surface area contributed by atoms with Gasteiger partial charge in [0, 0.05) is 5.56 Å². The van der Waals surface area contributed by atoms with Crippen molar-refractivity contribution in [3.05, 3.63) is 59.7 Å². The van der Waals surface area contributed by atoms with Gasteiger partial charge in [-0.15, -0.1) is 0 Å². The predicted octanol–water partition coefficient (Wildman–Crippen LogP) is 2.00. The van der Waals surface area contributed by atoms with E-state index in [1.165, 1.54) is 48.5 Å². The number of aldehydes is 1. The fraction of sp³-hybridized carbons (Fsp3) is 0. The Morgan fingerprint density at radius 1 is 1.10 bits per heavy atom. The zero-order valence-corrected chi connectivity index (χ0v) is 11.5. The molecule has 7 heteroatoms. The monoisotopic (exact) mass is 305 g/mol. The highest BCUT2D eigenvalue weighted by Gasteiger charge is 2.18. The molecule has 2 aromatic rings. The molecule has 6 nitrogen and oxygen atoms in total. The van der Waals surface area contributed by atoms with Gasteiger partial charge in [-0.3, -0.25) is 9.52 Å². The van der Waals surface area contributed by atoms with Crippen molar-refractivity contribution in [3.63, 3.8) is 0 Å². The summed E-state index contributed by atoms with van der Waals surface area (Å²) in [7, 11) is -3.97. The first-order chi connectivity index (χ1) is 9.94. The summed E-state index contributed by atoms with van der Waals surface area (Å²) in [5.41, 5.74) is 0.0125. The summed E-state index contributed by atoms with van der Waals surface area (Å²) in [6.07, 6.45) is 0.532. The molecule has 0 saturated carbocycles. The molecule has 0 aliphatic heterocycles. The highest BCUT2D eigenvalue weighted by molar-refractivity contribution is 7.92. The summed E-state index contributed by atoms with van der Waals surface area (Å²) in [6.45, 7) is 0. The van der Waals surface area contributed by atoms with Crippen molar-refractivity contribution in [2.24, 2.45) is 0 Å². The summed E-state index contributed by atoms with van der Waals surface area (Å²) in [6, 6.07) is 11.1. The van der Waals surface area contributed by atoms with E-state index in [4.69, 9.17) is 5.11 Å². The van der Waals surface area contributed by atoms with Gasteiger partial charge in [0.1, 0.15) is 6.29 Å². The van der Waals surface area contributed by atoms with Crippen molar-refractivity contribution in [2.45, 2.75) is 4.90 Å². The van der Waals surface area contributed by atoms with Crippen molar-refractivity contribution in [1.82, 2.24) is 0 Å². The second-order valence-corrected chi connectivity index (χ2v) is 5.83. The van der Waals surface area contributed by atoms with Gasteiger partial charge in [0.15, 0.2) is 0 Å². The first kappa shape index (κ1) is 14.7. The van der Waals surface area contributed by atoms with Gasteiger partial charge in [-0.25, -0.2) is 13.2 Å². The van der Waals surface area contributed by atoms with E-state index in [0.717, 1.165) is 0 Å². The Labute approximate surface area is 121 Å². The Bertz CT molecular complexity index is 799. The van der Waals surface area contributed by atoms with Crippen molar-refractivity contribution in [2.75, 3.05) is 4.72 Å².